The van der Waals surface area contributed by atoms with Gasteiger partial charge in [0.1, 0.15) is 24.7 Å². The van der Waals surface area contributed by atoms with Crippen LogP contribution in [0.15, 0.2) is 48.5 Å². The van der Waals surface area contributed by atoms with Gasteiger partial charge in [0, 0.05) is 70.3 Å². The number of ether oxygens (including phenoxy) is 12. The molecule has 2 aromatic rings. The molecule has 0 aliphatic heterocycles. The highest BCUT2D eigenvalue weighted by Gasteiger charge is 2.51. The Morgan fingerprint density at radius 2 is 0.578 bits per heavy atom. The summed E-state index contributed by atoms with van der Waals surface area (Å²) in [7, 11) is 0. The molecule has 8 atom stereocenters. The van der Waals surface area contributed by atoms with Gasteiger partial charge in [-0.2, -0.15) is 0 Å². The molecule has 0 spiro atoms. The Hall–Kier alpha value is -8.18. The van der Waals surface area contributed by atoms with Crippen LogP contribution in [0.4, 0.5) is 0 Å². The first-order chi connectivity index (χ1) is 43.1. The van der Waals surface area contributed by atoms with Gasteiger partial charge in [-0.25, -0.2) is 9.59 Å². The SMILES string of the molecule is CCCC(=O)OC[C@@H](OC(=O)CCC)[C@@H](OC(=O)CCC)[C@H](OC(=O)CCC)[C@@H](OC(=O)CCC)C(=O)Oc1cc(/C=C/c2ccccc2)cc(OC(=O)[C@H](OC(=O)CCC)[C@@H](OC(=O)CCC)[C@H](OC(=O)CCC)[C@@H](COC(=O)CCC)OC(=O)CCC)c1. The van der Waals surface area contributed by atoms with E-state index >= 15 is 9.59 Å². The molecule has 24 heteroatoms. The number of carbonyl (C=O) groups is 12. The van der Waals surface area contributed by atoms with Crippen LogP contribution in [0.2, 0.25) is 0 Å². The summed E-state index contributed by atoms with van der Waals surface area (Å²) in [4.78, 5) is 165. The topological polar surface area (TPSA) is 316 Å². The van der Waals surface area contributed by atoms with Crippen molar-refractivity contribution < 1.29 is 114 Å². The number of rotatable bonds is 44. The van der Waals surface area contributed by atoms with Gasteiger partial charge in [0.2, 0.25) is 12.2 Å². The Kier molecular flexibility index (Phi) is 38.3. The minimum Gasteiger partial charge on any atom is -0.462 e. The van der Waals surface area contributed by atoms with Gasteiger partial charge < -0.3 is 56.8 Å². The first-order valence-electron chi connectivity index (χ1n) is 31.3. The van der Waals surface area contributed by atoms with Crippen molar-refractivity contribution in [1.29, 1.82) is 0 Å². The van der Waals surface area contributed by atoms with E-state index in [0.29, 0.717) is 18.4 Å². The second-order valence-corrected chi connectivity index (χ2v) is 20.9. The summed E-state index contributed by atoms with van der Waals surface area (Å²) in [5.41, 5.74) is 0.795. The summed E-state index contributed by atoms with van der Waals surface area (Å²) >= 11 is 0. The van der Waals surface area contributed by atoms with Gasteiger partial charge >= 0.3 is 71.6 Å². The fraction of sp³-hybridized carbons (Fsp3) is 0.606. The van der Waals surface area contributed by atoms with Gasteiger partial charge in [-0.05, 0) is 87.5 Å². The Labute approximate surface area is 527 Å². The molecule has 0 aromatic heterocycles. The second kappa shape index (κ2) is 44.3. The number of carbonyl (C=O) groups excluding carboxylic acids is 12. The summed E-state index contributed by atoms with van der Waals surface area (Å²) in [5.74, 6) is -13.1. The zero-order valence-electron chi connectivity index (χ0n) is 53.7. The van der Waals surface area contributed by atoms with Gasteiger partial charge in [0.15, 0.2) is 36.6 Å². The molecule has 500 valence electrons. The quantitative estimate of drug-likeness (QED) is 0.0258. The highest BCUT2D eigenvalue weighted by molar-refractivity contribution is 5.85. The molecule has 2 aromatic carbocycles. The van der Waals surface area contributed by atoms with Gasteiger partial charge in [-0.15, -0.1) is 0 Å². The standard InChI is InChI=1S/C66H92O24/c1-11-24-49(67)79-41-47(83-51(69)26-13-3)59(85-53(71)28-15-5)61(87-55(73)30-17-7)63(89-57(75)32-19-9)65(77)81-45-38-44(37-36-43-34-22-21-23-35-43)39-46(40-45)82-66(78)64(90-58(76)33-20-10)62(88-56(74)31-18-8)60(86-54(72)29-16-6)48(84-52(70)27-14-4)42-80-50(68)25-12-2/h21-23,34-40,47-48,59-64H,11-20,24-33,41-42H2,1-10H3/b37-36+/t47-,48-,59-,60-,61+,62+,63-,64-/m1/s1. The molecule has 0 aliphatic rings. The van der Waals surface area contributed by atoms with Crippen LogP contribution in [-0.4, -0.2) is 134 Å². The van der Waals surface area contributed by atoms with Crippen LogP contribution < -0.4 is 9.47 Å². The van der Waals surface area contributed by atoms with Gasteiger partial charge in [0.05, 0.1) is 0 Å². The fourth-order valence-electron chi connectivity index (χ4n) is 8.35. The van der Waals surface area contributed by atoms with Gasteiger partial charge in [0.25, 0.3) is 0 Å². The maximum Gasteiger partial charge on any atom is 0.356 e. The first kappa shape index (κ1) is 77.9. The monoisotopic (exact) mass is 1270 g/mol. The molecule has 0 bridgehead atoms. The van der Waals surface area contributed by atoms with E-state index in [0.717, 1.165) is 6.07 Å². The van der Waals surface area contributed by atoms with Crippen molar-refractivity contribution in [2.45, 2.75) is 246 Å². The molecule has 0 radical (unpaired) electrons. The zero-order chi connectivity index (χ0) is 67.0. The van der Waals surface area contributed by atoms with Crippen molar-refractivity contribution in [2.75, 3.05) is 13.2 Å². The lowest BCUT2D eigenvalue weighted by Crippen LogP contribution is -2.56. The van der Waals surface area contributed by atoms with E-state index < -0.39 is 145 Å². The highest BCUT2D eigenvalue weighted by atomic mass is 16.7. The van der Waals surface area contributed by atoms with Gasteiger partial charge in [-0.3, -0.25) is 47.9 Å². The van der Waals surface area contributed by atoms with E-state index in [9.17, 15) is 47.9 Å². The number of esters is 12. The van der Waals surface area contributed by atoms with Crippen LogP contribution in [0, 0.1) is 0 Å². The maximum atomic E-state index is 15.2. The van der Waals surface area contributed by atoms with Crippen LogP contribution >= 0.6 is 0 Å². The summed E-state index contributed by atoms with van der Waals surface area (Å²) in [6.45, 7) is 15.0. The Balaban J connectivity index is 3.19. The third-order valence-corrected chi connectivity index (χ3v) is 12.6. The maximum absolute atomic E-state index is 15.2. The smallest absolute Gasteiger partial charge is 0.356 e. The van der Waals surface area contributed by atoms with E-state index in [1.165, 1.54) is 18.2 Å². The molecular formula is C66H92O24. The lowest BCUT2D eigenvalue weighted by atomic mass is 10.0. The van der Waals surface area contributed by atoms with E-state index in [4.69, 9.17) is 56.8 Å². The van der Waals surface area contributed by atoms with Crippen LogP contribution in [-0.2, 0) is 105 Å². The minimum absolute atomic E-state index is 0.0769. The largest absolute Gasteiger partial charge is 0.462 e. The van der Waals surface area contributed by atoms with Crippen molar-refractivity contribution in [3.63, 3.8) is 0 Å². The van der Waals surface area contributed by atoms with Crippen molar-refractivity contribution >= 4 is 83.8 Å². The normalized spacial score (nSPS) is 13.7. The van der Waals surface area contributed by atoms with Crippen molar-refractivity contribution in [3.8, 4) is 11.5 Å². The summed E-state index contributed by atoms with van der Waals surface area (Å²) in [6.07, 6.45) is -13.4. The average Bonchev–Trinajstić information content (AvgIpc) is 2.15. The second-order valence-electron chi connectivity index (χ2n) is 20.9. The third-order valence-electron chi connectivity index (χ3n) is 12.6. The zero-order valence-corrected chi connectivity index (χ0v) is 53.7. The van der Waals surface area contributed by atoms with Crippen molar-refractivity contribution in [2.24, 2.45) is 0 Å². The Bertz CT molecular complexity index is 2500. The molecule has 90 heavy (non-hydrogen) atoms. The molecule has 0 aliphatic carbocycles. The lowest BCUT2D eigenvalue weighted by Gasteiger charge is -2.35. The molecule has 2 rings (SSSR count). The van der Waals surface area contributed by atoms with E-state index in [1.807, 2.05) is 0 Å². The molecule has 0 fully saturated rings. The molecule has 0 saturated carbocycles. The van der Waals surface area contributed by atoms with E-state index in [2.05, 4.69) is 0 Å². The van der Waals surface area contributed by atoms with Crippen LogP contribution in [0.5, 0.6) is 11.5 Å². The van der Waals surface area contributed by atoms with E-state index in [-0.39, 0.29) is 121 Å². The van der Waals surface area contributed by atoms with Crippen LogP contribution in [0.25, 0.3) is 12.2 Å². The first-order valence-corrected chi connectivity index (χ1v) is 31.3. The molecule has 0 N–H and O–H groups in total. The summed E-state index contributed by atoms with van der Waals surface area (Å²) in [6, 6.07) is 12.4. The molecule has 0 heterocycles. The van der Waals surface area contributed by atoms with Gasteiger partial charge in [-0.1, -0.05) is 112 Å². The molecular weight excluding hydrogens is 1180 g/mol. The van der Waals surface area contributed by atoms with Crippen LogP contribution in [0.1, 0.15) is 209 Å². The van der Waals surface area contributed by atoms with Crippen LogP contribution in [0.3, 0.4) is 0 Å². The minimum atomic E-state index is -2.37. The number of hydrogen-bond acceptors (Lipinski definition) is 24. The van der Waals surface area contributed by atoms with Crippen molar-refractivity contribution in [1.82, 2.24) is 0 Å². The fourth-order valence-corrected chi connectivity index (χ4v) is 8.35. The molecule has 0 saturated heterocycles. The number of hydrogen-bond donors (Lipinski definition) is 0. The third kappa shape index (κ3) is 29.9. The Morgan fingerprint density at radius 3 is 0.889 bits per heavy atom. The van der Waals surface area contributed by atoms with Crippen molar-refractivity contribution in [3.05, 3.63) is 59.7 Å². The van der Waals surface area contributed by atoms with E-state index in [1.54, 1.807) is 106 Å². The number of benzene rings is 2. The predicted molar refractivity (Wildman–Crippen MR) is 323 cm³/mol. The average molecular weight is 1270 g/mol. The highest BCUT2D eigenvalue weighted by Crippen LogP contribution is 2.30. The Morgan fingerprint density at radius 1 is 0.311 bits per heavy atom. The molecule has 0 amide bonds. The summed E-state index contributed by atoms with van der Waals surface area (Å²) < 4.78 is 69.8. The predicted octanol–water partition coefficient (Wildman–Crippen LogP) is 10.0. The lowest BCUT2D eigenvalue weighted by molar-refractivity contribution is -0.208. The molecule has 24 nitrogen and oxygen atoms in total. The molecule has 0 unspecified atom stereocenters. The summed E-state index contributed by atoms with van der Waals surface area (Å²) in [5, 5.41) is 0.